The van der Waals surface area contributed by atoms with Crippen LogP contribution in [0.4, 0.5) is 0 Å². The number of methoxy groups -OCH3 is 2. The highest BCUT2D eigenvalue weighted by atomic mass is 32.2. The van der Waals surface area contributed by atoms with Gasteiger partial charge >= 0.3 is 5.97 Å². The Morgan fingerprint density at radius 1 is 1.11 bits per heavy atom. The summed E-state index contributed by atoms with van der Waals surface area (Å²) < 4.78 is 16.8. The van der Waals surface area contributed by atoms with Gasteiger partial charge in [0.15, 0.2) is 5.17 Å². The van der Waals surface area contributed by atoms with Crippen LogP contribution in [-0.4, -0.2) is 49.3 Å². The summed E-state index contributed by atoms with van der Waals surface area (Å²) >= 11 is 1.43. The summed E-state index contributed by atoms with van der Waals surface area (Å²) in [6.45, 7) is 6.67. The van der Waals surface area contributed by atoms with E-state index in [9.17, 15) is 9.59 Å². The topological polar surface area (TPSA) is 89.5 Å². The van der Waals surface area contributed by atoms with Crippen molar-refractivity contribution >= 4 is 34.5 Å². The fourth-order valence-electron chi connectivity index (χ4n) is 4.37. The van der Waals surface area contributed by atoms with Gasteiger partial charge in [0.2, 0.25) is 5.91 Å². The van der Waals surface area contributed by atoms with Crippen molar-refractivity contribution in [2.45, 2.75) is 33.2 Å². The van der Waals surface area contributed by atoms with Crippen LogP contribution in [-0.2, 0) is 14.3 Å². The molecule has 38 heavy (non-hydrogen) atoms. The minimum absolute atomic E-state index is 0.0947. The highest BCUT2D eigenvalue weighted by Gasteiger charge is 2.43. The molecule has 0 fully saturated rings. The molecular formula is C29H33N3O5S. The molecule has 2 aliphatic heterocycles. The number of amides is 1. The SMILES string of the molecule is CCOC(=O)C1=C(c2ccccc2)N=C2SC=C(CC(=O)NCC(C)C)N2C1c1ccc(OC)cc1OC. The van der Waals surface area contributed by atoms with Crippen molar-refractivity contribution in [1.29, 1.82) is 0 Å². The molecule has 8 nitrogen and oxygen atoms in total. The first-order chi connectivity index (χ1) is 18.4. The van der Waals surface area contributed by atoms with Crippen molar-refractivity contribution in [3.05, 3.63) is 76.3 Å². The minimum atomic E-state index is -0.642. The molecule has 4 rings (SSSR count). The third kappa shape index (κ3) is 5.72. The number of aliphatic imine (C=N–C) groups is 1. The maximum absolute atomic E-state index is 13.6. The molecule has 2 aromatic rings. The van der Waals surface area contributed by atoms with Crippen molar-refractivity contribution < 1.29 is 23.8 Å². The Kier molecular flexibility index (Phi) is 8.78. The first-order valence-corrected chi connectivity index (χ1v) is 13.4. The number of benzene rings is 2. The second-order valence-electron chi connectivity index (χ2n) is 9.23. The maximum Gasteiger partial charge on any atom is 0.338 e. The summed E-state index contributed by atoms with van der Waals surface area (Å²) in [7, 11) is 3.17. The summed E-state index contributed by atoms with van der Waals surface area (Å²) in [5.74, 6) is 0.937. The zero-order valence-electron chi connectivity index (χ0n) is 22.3. The van der Waals surface area contributed by atoms with E-state index in [0.29, 0.717) is 40.4 Å². The van der Waals surface area contributed by atoms with Crippen LogP contribution in [0.5, 0.6) is 11.5 Å². The number of nitrogens with zero attached hydrogens (tertiary/aromatic N) is 2. The van der Waals surface area contributed by atoms with E-state index in [4.69, 9.17) is 19.2 Å². The second kappa shape index (κ2) is 12.2. The van der Waals surface area contributed by atoms with Gasteiger partial charge in [-0.3, -0.25) is 4.79 Å². The molecule has 0 saturated heterocycles. The van der Waals surface area contributed by atoms with E-state index in [1.807, 2.05) is 66.6 Å². The van der Waals surface area contributed by atoms with Gasteiger partial charge in [0.05, 0.1) is 44.6 Å². The van der Waals surface area contributed by atoms with Gasteiger partial charge in [0.25, 0.3) is 0 Å². The molecular weight excluding hydrogens is 502 g/mol. The van der Waals surface area contributed by atoms with Gasteiger partial charge in [-0.1, -0.05) is 55.9 Å². The largest absolute Gasteiger partial charge is 0.497 e. The highest BCUT2D eigenvalue weighted by Crippen LogP contribution is 2.49. The fraction of sp³-hybridized carbons (Fsp3) is 0.345. The Morgan fingerprint density at radius 3 is 2.53 bits per heavy atom. The number of hydrogen-bond donors (Lipinski definition) is 1. The van der Waals surface area contributed by atoms with E-state index < -0.39 is 12.0 Å². The summed E-state index contributed by atoms with van der Waals surface area (Å²) in [4.78, 5) is 33.4. The van der Waals surface area contributed by atoms with E-state index >= 15 is 0 Å². The van der Waals surface area contributed by atoms with Crippen LogP contribution < -0.4 is 14.8 Å². The quantitative estimate of drug-likeness (QED) is 0.421. The first-order valence-electron chi connectivity index (χ1n) is 12.6. The number of ether oxygens (including phenoxy) is 3. The number of esters is 1. The normalized spacial score (nSPS) is 16.6. The maximum atomic E-state index is 13.6. The molecule has 2 aliphatic rings. The second-order valence-corrected chi connectivity index (χ2v) is 10.1. The lowest BCUT2D eigenvalue weighted by atomic mass is 9.90. The molecule has 9 heteroatoms. The van der Waals surface area contributed by atoms with Crippen molar-refractivity contribution in [1.82, 2.24) is 10.2 Å². The molecule has 0 spiro atoms. The van der Waals surface area contributed by atoms with Crippen molar-refractivity contribution in [3.8, 4) is 11.5 Å². The van der Waals surface area contributed by atoms with Gasteiger partial charge in [-0.25, -0.2) is 9.79 Å². The molecule has 0 bridgehead atoms. The van der Waals surface area contributed by atoms with Crippen LogP contribution in [0.3, 0.4) is 0 Å². The number of rotatable bonds is 10. The molecule has 2 aromatic carbocycles. The van der Waals surface area contributed by atoms with Crippen LogP contribution in [0, 0.1) is 5.92 Å². The number of nitrogens with one attached hydrogen (secondary N) is 1. The Morgan fingerprint density at radius 2 is 1.87 bits per heavy atom. The van der Waals surface area contributed by atoms with E-state index in [0.717, 1.165) is 16.8 Å². The molecule has 1 atom stereocenters. The summed E-state index contributed by atoms with van der Waals surface area (Å²) in [6.07, 6.45) is 0.143. The van der Waals surface area contributed by atoms with Crippen LogP contribution in [0.25, 0.3) is 5.70 Å². The van der Waals surface area contributed by atoms with Crippen LogP contribution in [0.2, 0.25) is 0 Å². The van der Waals surface area contributed by atoms with E-state index in [-0.39, 0.29) is 18.9 Å². The zero-order valence-corrected chi connectivity index (χ0v) is 23.1. The molecule has 0 aromatic heterocycles. The molecule has 2 heterocycles. The standard InChI is InChI=1S/C29H33N3O5S/c1-6-37-28(34)25-26(19-10-8-7-9-11-19)31-29-32(20(17-38-29)14-24(33)30-16-18(2)3)27(25)22-13-12-21(35-4)15-23(22)36-5/h7-13,15,17-18,27H,6,14,16H2,1-5H3,(H,30,33). The molecule has 0 saturated carbocycles. The molecule has 0 radical (unpaired) electrons. The predicted octanol–water partition coefficient (Wildman–Crippen LogP) is 5.14. The zero-order chi connectivity index (χ0) is 27.2. The Hall–Kier alpha value is -3.72. The lowest BCUT2D eigenvalue weighted by Gasteiger charge is -2.37. The van der Waals surface area contributed by atoms with E-state index in [2.05, 4.69) is 5.32 Å². The van der Waals surface area contributed by atoms with Gasteiger partial charge in [0, 0.05) is 29.4 Å². The lowest BCUT2D eigenvalue weighted by molar-refractivity contribution is -0.139. The van der Waals surface area contributed by atoms with Gasteiger partial charge in [-0.15, -0.1) is 0 Å². The third-order valence-electron chi connectivity index (χ3n) is 6.14. The molecule has 1 N–H and O–H groups in total. The van der Waals surface area contributed by atoms with Gasteiger partial charge < -0.3 is 24.4 Å². The average Bonchev–Trinajstić information content (AvgIpc) is 3.33. The average molecular weight is 536 g/mol. The van der Waals surface area contributed by atoms with Crippen molar-refractivity contribution in [2.24, 2.45) is 10.9 Å². The Bertz CT molecular complexity index is 1290. The Balaban J connectivity index is 1.89. The lowest BCUT2D eigenvalue weighted by Crippen LogP contribution is -2.38. The highest BCUT2D eigenvalue weighted by molar-refractivity contribution is 8.16. The smallest absolute Gasteiger partial charge is 0.338 e. The molecule has 1 unspecified atom stereocenters. The van der Waals surface area contributed by atoms with Crippen molar-refractivity contribution in [3.63, 3.8) is 0 Å². The predicted molar refractivity (Wildman–Crippen MR) is 150 cm³/mol. The van der Waals surface area contributed by atoms with E-state index in [1.165, 1.54) is 11.8 Å². The van der Waals surface area contributed by atoms with E-state index in [1.54, 1.807) is 27.2 Å². The van der Waals surface area contributed by atoms with Crippen LogP contribution in [0.1, 0.15) is 44.4 Å². The molecule has 0 aliphatic carbocycles. The van der Waals surface area contributed by atoms with Crippen molar-refractivity contribution in [2.75, 3.05) is 27.4 Å². The number of fused-ring (bicyclic) bond motifs is 1. The summed E-state index contributed by atoms with van der Waals surface area (Å²) in [6, 6.07) is 14.4. The third-order valence-corrected chi connectivity index (χ3v) is 7.03. The van der Waals surface area contributed by atoms with Gasteiger partial charge in [-0.2, -0.15) is 0 Å². The minimum Gasteiger partial charge on any atom is -0.497 e. The van der Waals surface area contributed by atoms with Gasteiger partial charge in [0.1, 0.15) is 11.5 Å². The monoisotopic (exact) mass is 535 g/mol. The van der Waals surface area contributed by atoms with Crippen LogP contribution >= 0.6 is 11.8 Å². The molecule has 200 valence electrons. The van der Waals surface area contributed by atoms with Crippen LogP contribution in [0.15, 0.2) is 70.2 Å². The summed E-state index contributed by atoms with van der Waals surface area (Å²) in [5.41, 5.74) is 3.18. The number of thioether (sulfide) groups is 1. The molecule has 1 amide bonds. The number of carbonyl (C=O) groups is 2. The Labute approximate surface area is 227 Å². The van der Waals surface area contributed by atoms with Gasteiger partial charge in [-0.05, 0) is 30.4 Å². The number of carbonyl (C=O) groups excluding carboxylic acids is 2. The first kappa shape index (κ1) is 27.3. The summed E-state index contributed by atoms with van der Waals surface area (Å²) in [5, 5.41) is 5.58. The number of amidine groups is 1. The fourth-order valence-corrected chi connectivity index (χ4v) is 5.29. The number of hydrogen-bond acceptors (Lipinski definition) is 8.